The Bertz CT molecular complexity index is 1460. The van der Waals surface area contributed by atoms with Gasteiger partial charge in [0.25, 0.3) is 5.75 Å². The van der Waals surface area contributed by atoms with Gasteiger partial charge >= 0.3 is 29.8 Å². The molecule has 2 aromatic carbocycles. The predicted molar refractivity (Wildman–Crippen MR) is 128 cm³/mol. The number of benzene rings is 2. The lowest BCUT2D eigenvalue weighted by atomic mass is 9.92. The van der Waals surface area contributed by atoms with Crippen LogP contribution in [0.1, 0.15) is 56.6 Å². The Kier molecular flexibility index (Phi) is 9.38. The Labute approximate surface area is 235 Å². The van der Waals surface area contributed by atoms with Crippen molar-refractivity contribution in [1.29, 1.82) is 0 Å². The molecule has 2 unspecified atom stereocenters. The van der Waals surface area contributed by atoms with E-state index in [-0.39, 0.29) is 5.56 Å². The standard InChI is InChI=1S/C25H22O17/c1-9(26)34-23-20-17(21(40-37-11(3)28)24(35-10(2)27)25(23)42-39-13(5)30)18(33)22(41-38-12(4)29)19(36-20)14-6-7-15(31)16(32)8-14/h6-8,19,22,31-32H,1-5H3. The summed E-state index contributed by atoms with van der Waals surface area (Å²) in [7, 11) is 0. The fourth-order valence-electron chi connectivity index (χ4n) is 3.45. The van der Waals surface area contributed by atoms with Gasteiger partial charge in [0, 0.05) is 34.6 Å². The van der Waals surface area contributed by atoms with E-state index in [9.17, 15) is 39.0 Å². The molecule has 2 aromatic rings. The first kappa shape index (κ1) is 31.0. The van der Waals surface area contributed by atoms with Crippen LogP contribution in [0.15, 0.2) is 18.2 Å². The highest BCUT2D eigenvalue weighted by Crippen LogP contribution is 2.57. The van der Waals surface area contributed by atoms with Crippen LogP contribution in [-0.4, -0.2) is 51.9 Å². The molecule has 0 spiro atoms. The molecule has 1 heterocycles. The van der Waals surface area contributed by atoms with Gasteiger partial charge in [-0.2, -0.15) is 4.89 Å². The first-order chi connectivity index (χ1) is 19.7. The van der Waals surface area contributed by atoms with Gasteiger partial charge in [0.05, 0.1) is 0 Å². The Morgan fingerprint density at radius 2 is 1.24 bits per heavy atom. The van der Waals surface area contributed by atoms with Gasteiger partial charge in [-0.3, -0.25) is 38.8 Å². The monoisotopic (exact) mass is 594 g/mol. The highest BCUT2D eigenvalue weighted by Gasteiger charge is 2.48. The van der Waals surface area contributed by atoms with Crippen molar-refractivity contribution in [2.75, 3.05) is 0 Å². The molecular formula is C25H22O17. The molecule has 0 bridgehead atoms. The van der Waals surface area contributed by atoms with Gasteiger partial charge in [0.15, 0.2) is 23.4 Å². The summed E-state index contributed by atoms with van der Waals surface area (Å²) < 4.78 is 16.2. The molecule has 2 N–H and O–H groups in total. The number of Topliss-reactive ketones (excluding diaryl/α,β-unsaturated/α-hetero) is 1. The Balaban J connectivity index is 2.43. The van der Waals surface area contributed by atoms with E-state index in [0.717, 1.165) is 46.8 Å². The molecule has 224 valence electrons. The third-order valence-corrected chi connectivity index (χ3v) is 4.88. The zero-order valence-corrected chi connectivity index (χ0v) is 22.4. The minimum Gasteiger partial charge on any atom is -0.504 e. The lowest BCUT2D eigenvalue weighted by Crippen LogP contribution is -2.39. The van der Waals surface area contributed by atoms with Gasteiger partial charge in [-0.15, -0.1) is 0 Å². The van der Waals surface area contributed by atoms with Crippen LogP contribution in [0.25, 0.3) is 0 Å². The quantitative estimate of drug-likeness (QED) is 0.139. The summed E-state index contributed by atoms with van der Waals surface area (Å²) in [5, 5.41) is 19.8. The van der Waals surface area contributed by atoms with Crippen molar-refractivity contribution in [3.63, 3.8) is 0 Å². The second-order valence-corrected chi connectivity index (χ2v) is 8.27. The van der Waals surface area contributed by atoms with Gasteiger partial charge in [-0.1, -0.05) is 6.07 Å². The van der Waals surface area contributed by atoms with Crippen molar-refractivity contribution >= 4 is 35.6 Å². The fraction of sp³-hybridized carbons (Fsp3) is 0.280. The van der Waals surface area contributed by atoms with E-state index in [1.54, 1.807) is 0 Å². The molecule has 1 aliphatic rings. The van der Waals surface area contributed by atoms with Gasteiger partial charge in [-0.25, -0.2) is 14.4 Å². The number of rotatable bonds is 9. The lowest BCUT2D eigenvalue weighted by Gasteiger charge is -2.33. The van der Waals surface area contributed by atoms with Crippen LogP contribution in [0.3, 0.4) is 0 Å². The third-order valence-electron chi connectivity index (χ3n) is 4.88. The van der Waals surface area contributed by atoms with Crippen molar-refractivity contribution in [1.82, 2.24) is 0 Å². The summed E-state index contributed by atoms with van der Waals surface area (Å²) in [5.41, 5.74) is -0.806. The lowest BCUT2D eigenvalue weighted by molar-refractivity contribution is -0.297. The second kappa shape index (κ2) is 12.7. The van der Waals surface area contributed by atoms with Gasteiger partial charge in [0.1, 0.15) is 5.56 Å². The molecule has 0 aromatic heterocycles. The molecule has 2 atom stereocenters. The molecule has 0 radical (unpaired) electrons. The average molecular weight is 594 g/mol. The number of ether oxygens (including phenoxy) is 3. The molecule has 17 nitrogen and oxygen atoms in total. The van der Waals surface area contributed by atoms with Crippen LogP contribution in [0.4, 0.5) is 0 Å². The zero-order chi connectivity index (χ0) is 31.3. The van der Waals surface area contributed by atoms with E-state index in [2.05, 4.69) is 14.7 Å². The smallest absolute Gasteiger partial charge is 0.352 e. The highest BCUT2D eigenvalue weighted by molar-refractivity contribution is 6.08. The normalized spacial score (nSPS) is 15.3. The molecular weight excluding hydrogens is 572 g/mol. The topological polar surface area (TPSA) is 226 Å². The Hall–Kier alpha value is -5.58. The van der Waals surface area contributed by atoms with E-state index >= 15 is 0 Å². The van der Waals surface area contributed by atoms with Crippen LogP contribution in [0.2, 0.25) is 0 Å². The average Bonchev–Trinajstić information content (AvgIpc) is 2.88. The third kappa shape index (κ3) is 6.94. The minimum atomic E-state index is -1.92. The minimum absolute atomic E-state index is 0.0517. The summed E-state index contributed by atoms with van der Waals surface area (Å²) in [5.74, 6) is -11.7. The molecule has 0 saturated carbocycles. The van der Waals surface area contributed by atoms with E-state index in [0.29, 0.717) is 0 Å². The molecule has 0 amide bonds. The van der Waals surface area contributed by atoms with Crippen molar-refractivity contribution < 1.29 is 82.5 Å². The number of aromatic hydroxyl groups is 2. The van der Waals surface area contributed by atoms with Crippen LogP contribution in [0, 0.1) is 0 Å². The SMILES string of the molecule is CC(=O)OOc1c(OC(C)=O)c(OOC(C)=O)c2c(c1OC(C)=O)OC(c1ccc(O)c(O)c1)C(OOC(C)=O)C2=O. The predicted octanol–water partition coefficient (Wildman–Crippen LogP) is 1.84. The number of hydrogen-bond acceptors (Lipinski definition) is 17. The molecule has 0 fully saturated rings. The summed E-state index contributed by atoms with van der Waals surface area (Å²) in [6, 6.07) is 3.22. The number of phenolic OH excluding ortho intramolecular Hbond substituents is 2. The van der Waals surface area contributed by atoms with Crippen molar-refractivity contribution in [2.45, 2.75) is 46.8 Å². The van der Waals surface area contributed by atoms with E-state index in [1.165, 1.54) is 6.07 Å². The molecule has 0 aliphatic carbocycles. The summed E-state index contributed by atoms with van der Waals surface area (Å²) in [6.45, 7) is 4.64. The number of carbonyl (C=O) groups excluding carboxylic acids is 6. The zero-order valence-electron chi connectivity index (χ0n) is 22.4. The first-order valence-electron chi connectivity index (χ1n) is 11.6. The van der Waals surface area contributed by atoms with E-state index in [1.807, 2.05) is 0 Å². The number of hydrogen-bond donors (Lipinski definition) is 2. The number of phenols is 2. The van der Waals surface area contributed by atoms with Crippen LogP contribution >= 0.6 is 0 Å². The molecule has 17 heteroatoms. The van der Waals surface area contributed by atoms with Crippen molar-refractivity contribution in [3.05, 3.63) is 29.3 Å². The maximum absolute atomic E-state index is 13.9. The van der Waals surface area contributed by atoms with Crippen molar-refractivity contribution in [2.24, 2.45) is 0 Å². The first-order valence-corrected chi connectivity index (χ1v) is 11.6. The molecule has 3 rings (SSSR count). The van der Waals surface area contributed by atoms with Crippen LogP contribution < -0.4 is 24.0 Å². The number of fused-ring (bicyclic) bond motifs is 1. The van der Waals surface area contributed by atoms with Gasteiger partial charge < -0.3 is 24.4 Å². The van der Waals surface area contributed by atoms with Gasteiger partial charge in [-0.05, 0) is 17.7 Å². The Morgan fingerprint density at radius 1 is 0.690 bits per heavy atom. The largest absolute Gasteiger partial charge is 0.504 e. The molecule has 1 aliphatic heterocycles. The van der Waals surface area contributed by atoms with Crippen LogP contribution in [-0.2, 0) is 43.5 Å². The fourth-order valence-corrected chi connectivity index (χ4v) is 3.45. The molecule has 0 saturated heterocycles. The Morgan fingerprint density at radius 3 is 1.76 bits per heavy atom. The molecule has 42 heavy (non-hydrogen) atoms. The summed E-state index contributed by atoms with van der Waals surface area (Å²) >= 11 is 0. The van der Waals surface area contributed by atoms with Crippen molar-refractivity contribution in [3.8, 4) is 40.2 Å². The second-order valence-electron chi connectivity index (χ2n) is 8.27. The van der Waals surface area contributed by atoms with E-state index < -0.39 is 93.6 Å². The number of ketones is 1. The summed E-state index contributed by atoms with van der Waals surface area (Å²) in [6.07, 6.45) is -3.55. The van der Waals surface area contributed by atoms with Gasteiger partial charge in [0.2, 0.25) is 29.1 Å². The van der Waals surface area contributed by atoms with E-state index in [4.69, 9.17) is 28.9 Å². The van der Waals surface area contributed by atoms with Crippen LogP contribution in [0.5, 0.6) is 40.2 Å². The maximum atomic E-state index is 13.9. The highest BCUT2D eigenvalue weighted by atomic mass is 17.2. The maximum Gasteiger partial charge on any atom is 0.352 e. The number of esters is 2. The number of carbonyl (C=O) groups is 6. The summed E-state index contributed by atoms with van der Waals surface area (Å²) in [4.78, 5) is 101.